The van der Waals surface area contributed by atoms with Gasteiger partial charge >= 0.3 is 6.01 Å². The van der Waals surface area contributed by atoms with Crippen LogP contribution in [0.5, 0.6) is 11.5 Å². The molecule has 2 aromatic carbocycles. The highest BCUT2D eigenvalue weighted by atomic mass is 32.2. The molecule has 3 aromatic rings. The van der Waals surface area contributed by atoms with Gasteiger partial charge in [-0.3, -0.25) is 10.1 Å². The second-order valence-corrected chi connectivity index (χ2v) is 6.60. The van der Waals surface area contributed by atoms with E-state index in [-0.39, 0.29) is 18.7 Å². The summed E-state index contributed by atoms with van der Waals surface area (Å²) in [6.45, 7) is 0.161. The normalized spacial score (nSPS) is 12.2. The molecule has 0 atom stereocenters. The van der Waals surface area contributed by atoms with E-state index in [0.29, 0.717) is 29.4 Å². The number of rotatable bonds is 6. The molecule has 26 heavy (non-hydrogen) atoms. The first-order valence-corrected chi connectivity index (χ1v) is 8.98. The number of benzene rings is 2. The number of carbonyl (C=O) groups is 1. The van der Waals surface area contributed by atoms with Gasteiger partial charge in [0.05, 0.1) is 0 Å². The molecule has 0 radical (unpaired) electrons. The maximum Gasteiger partial charge on any atom is 0.322 e. The van der Waals surface area contributed by atoms with Gasteiger partial charge in [0.15, 0.2) is 11.5 Å². The molecule has 132 valence electrons. The number of anilines is 1. The van der Waals surface area contributed by atoms with Crippen molar-refractivity contribution in [3.63, 3.8) is 0 Å². The third kappa shape index (κ3) is 3.80. The van der Waals surface area contributed by atoms with Gasteiger partial charge in [0, 0.05) is 22.6 Å². The maximum absolute atomic E-state index is 12.3. The Kier molecular flexibility index (Phi) is 4.74. The van der Waals surface area contributed by atoms with Crippen LogP contribution in [-0.4, -0.2) is 28.7 Å². The van der Waals surface area contributed by atoms with Crippen LogP contribution in [0, 0.1) is 0 Å². The van der Waals surface area contributed by atoms with Crippen molar-refractivity contribution in [2.45, 2.75) is 11.3 Å². The van der Waals surface area contributed by atoms with Crippen molar-refractivity contribution in [1.29, 1.82) is 0 Å². The van der Waals surface area contributed by atoms with E-state index in [0.717, 1.165) is 5.75 Å². The summed E-state index contributed by atoms with van der Waals surface area (Å²) >= 11 is 1.71. The minimum Gasteiger partial charge on any atom is -0.454 e. The summed E-state index contributed by atoms with van der Waals surface area (Å²) in [7, 11) is 0. The maximum atomic E-state index is 12.3. The Balaban J connectivity index is 1.32. The topological polar surface area (TPSA) is 86.5 Å². The van der Waals surface area contributed by atoms with Crippen LogP contribution >= 0.6 is 11.8 Å². The average Bonchev–Trinajstić information content (AvgIpc) is 3.31. The number of aryl methyl sites for hydroxylation is 1. The number of nitrogens with zero attached hydrogens (tertiary/aromatic N) is 2. The first-order chi connectivity index (χ1) is 12.8. The molecule has 0 spiro atoms. The summed E-state index contributed by atoms with van der Waals surface area (Å²) in [6.07, 6.45) is 0.618. The summed E-state index contributed by atoms with van der Waals surface area (Å²) < 4.78 is 16.0. The molecule has 0 saturated carbocycles. The van der Waals surface area contributed by atoms with Crippen LogP contribution in [0.15, 0.2) is 57.8 Å². The van der Waals surface area contributed by atoms with Gasteiger partial charge in [-0.05, 0) is 30.3 Å². The lowest BCUT2D eigenvalue weighted by Crippen LogP contribution is -2.12. The summed E-state index contributed by atoms with van der Waals surface area (Å²) in [5, 5.41) is 10.4. The highest BCUT2D eigenvalue weighted by Gasteiger charge is 2.17. The molecular weight excluding hydrogens is 354 g/mol. The van der Waals surface area contributed by atoms with Crippen LogP contribution < -0.4 is 14.8 Å². The standard InChI is InChI=1S/C18H15N3O4S/c22-17(12-6-7-14-15(10-12)24-11-23-14)19-18-21-20-16(25-18)8-9-26-13-4-2-1-3-5-13/h1-7,10H,8-9,11H2,(H,19,21,22). The van der Waals surface area contributed by atoms with Crippen LogP contribution in [0.4, 0.5) is 6.01 Å². The van der Waals surface area contributed by atoms with Crippen molar-refractivity contribution in [2.75, 3.05) is 17.9 Å². The first-order valence-electron chi connectivity index (χ1n) is 7.99. The molecule has 1 aliphatic heterocycles. The van der Waals surface area contributed by atoms with Gasteiger partial charge < -0.3 is 13.9 Å². The molecule has 0 bridgehead atoms. The monoisotopic (exact) mass is 369 g/mol. The number of aromatic nitrogens is 2. The Morgan fingerprint density at radius 2 is 1.92 bits per heavy atom. The predicted octanol–water partition coefficient (Wildman–Crippen LogP) is 3.39. The van der Waals surface area contributed by atoms with Crippen molar-refractivity contribution < 1.29 is 18.7 Å². The van der Waals surface area contributed by atoms with Crippen LogP contribution in [0.3, 0.4) is 0 Å². The molecule has 1 N–H and O–H groups in total. The Hall–Kier alpha value is -3.00. The second kappa shape index (κ2) is 7.49. The smallest absolute Gasteiger partial charge is 0.322 e. The molecule has 4 rings (SSSR count). The quantitative estimate of drug-likeness (QED) is 0.667. The zero-order chi connectivity index (χ0) is 17.8. The SMILES string of the molecule is O=C(Nc1nnc(CCSc2ccccc2)o1)c1ccc2c(c1)OCO2. The Bertz CT molecular complexity index is 914. The molecule has 2 heterocycles. The van der Waals surface area contributed by atoms with Gasteiger partial charge in [0.1, 0.15) is 0 Å². The van der Waals surface area contributed by atoms with E-state index in [1.807, 2.05) is 18.2 Å². The lowest BCUT2D eigenvalue weighted by atomic mass is 10.2. The van der Waals surface area contributed by atoms with Gasteiger partial charge in [-0.1, -0.05) is 23.3 Å². The van der Waals surface area contributed by atoms with E-state index in [2.05, 4.69) is 27.6 Å². The first kappa shape index (κ1) is 16.5. The highest BCUT2D eigenvalue weighted by Crippen LogP contribution is 2.32. The van der Waals surface area contributed by atoms with Crippen molar-refractivity contribution in [1.82, 2.24) is 10.2 Å². The van der Waals surface area contributed by atoms with E-state index < -0.39 is 0 Å². The van der Waals surface area contributed by atoms with Crippen molar-refractivity contribution in [2.24, 2.45) is 0 Å². The number of nitrogens with one attached hydrogen (secondary N) is 1. The fourth-order valence-electron chi connectivity index (χ4n) is 2.39. The third-order valence-electron chi connectivity index (χ3n) is 3.65. The lowest BCUT2D eigenvalue weighted by molar-refractivity contribution is 0.102. The van der Waals surface area contributed by atoms with Gasteiger partial charge in [-0.25, -0.2) is 0 Å². The molecular formula is C18H15N3O4S. The predicted molar refractivity (Wildman–Crippen MR) is 95.7 cm³/mol. The lowest BCUT2D eigenvalue weighted by Gasteiger charge is -2.02. The molecule has 0 aliphatic carbocycles. The number of hydrogen-bond donors (Lipinski definition) is 1. The van der Waals surface area contributed by atoms with E-state index in [4.69, 9.17) is 13.9 Å². The zero-order valence-corrected chi connectivity index (χ0v) is 14.5. The highest BCUT2D eigenvalue weighted by molar-refractivity contribution is 7.99. The minimum atomic E-state index is -0.350. The van der Waals surface area contributed by atoms with Crippen LogP contribution in [0.2, 0.25) is 0 Å². The van der Waals surface area contributed by atoms with Crippen LogP contribution in [-0.2, 0) is 6.42 Å². The number of thioether (sulfide) groups is 1. The Morgan fingerprint density at radius 3 is 2.81 bits per heavy atom. The largest absolute Gasteiger partial charge is 0.454 e. The van der Waals surface area contributed by atoms with E-state index in [1.54, 1.807) is 30.0 Å². The summed E-state index contributed by atoms with van der Waals surface area (Å²) in [6, 6.07) is 15.1. The third-order valence-corrected chi connectivity index (χ3v) is 4.66. The molecule has 0 unspecified atom stereocenters. The van der Waals surface area contributed by atoms with Crippen molar-refractivity contribution >= 4 is 23.7 Å². The summed E-state index contributed by atoms with van der Waals surface area (Å²) in [4.78, 5) is 13.5. The molecule has 0 saturated heterocycles. The molecule has 8 heteroatoms. The van der Waals surface area contributed by atoms with Crippen LogP contribution in [0.25, 0.3) is 0 Å². The Labute approximate surface area is 153 Å². The van der Waals surface area contributed by atoms with Gasteiger partial charge in [0.25, 0.3) is 5.91 Å². The summed E-state index contributed by atoms with van der Waals surface area (Å²) in [5.41, 5.74) is 0.425. The van der Waals surface area contributed by atoms with E-state index >= 15 is 0 Å². The van der Waals surface area contributed by atoms with Gasteiger partial charge in [0.2, 0.25) is 12.7 Å². The van der Waals surface area contributed by atoms with Crippen LogP contribution in [0.1, 0.15) is 16.2 Å². The fourth-order valence-corrected chi connectivity index (χ4v) is 3.25. The molecule has 1 aromatic heterocycles. The average molecular weight is 369 g/mol. The van der Waals surface area contributed by atoms with Gasteiger partial charge in [-0.2, -0.15) is 0 Å². The van der Waals surface area contributed by atoms with Gasteiger partial charge in [-0.15, -0.1) is 16.9 Å². The number of carbonyl (C=O) groups excluding carboxylic acids is 1. The molecule has 1 aliphatic rings. The fraction of sp³-hybridized carbons (Fsp3) is 0.167. The number of amides is 1. The minimum absolute atomic E-state index is 0.0763. The van der Waals surface area contributed by atoms with Crippen molar-refractivity contribution in [3.8, 4) is 11.5 Å². The molecule has 7 nitrogen and oxygen atoms in total. The molecule has 0 fully saturated rings. The summed E-state index contributed by atoms with van der Waals surface area (Å²) in [5.74, 6) is 2.10. The van der Waals surface area contributed by atoms with E-state index in [1.165, 1.54) is 4.90 Å². The number of hydrogen-bond acceptors (Lipinski definition) is 7. The zero-order valence-electron chi connectivity index (χ0n) is 13.7. The number of ether oxygens (including phenoxy) is 2. The second-order valence-electron chi connectivity index (χ2n) is 5.43. The van der Waals surface area contributed by atoms with E-state index in [9.17, 15) is 4.79 Å². The Morgan fingerprint density at radius 1 is 1.08 bits per heavy atom. The number of fused-ring (bicyclic) bond motifs is 1. The molecule has 1 amide bonds. The van der Waals surface area contributed by atoms with Crippen molar-refractivity contribution in [3.05, 3.63) is 60.0 Å².